The number of aryl methyl sites for hydroxylation is 1. The smallest absolute Gasteiger partial charge is 0.323 e. The highest BCUT2D eigenvalue weighted by Crippen LogP contribution is 2.13. The van der Waals surface area contributed by atoms with Gasteiger partial charge in [0.2, 0.25) is 0 Å². The van der Waals surface area contributed by atoms with Crippen LogP contribution >= 0.6 is 0 Å². The van der Waals surface area contributed by atoms with Gasteiger partial charge >= 0.3 is 10.1 Å². The molecule has 0 heterocycles. The molecule has 0 bridgehead atoms. The van der Waals surface area contributed by atoms with Crippen molar-refractivity contribution >= 4 is 10.1 Å². The van der Waals surface area contributed by atoms with Crippen LogP contribution in [0.5, 0.6) is 0 Å². The standard InChI is InChI=1S/C14H22O7S/c1-13-3-5-14(6-4-13)22(15,16)21-20-12-11-19-10-9-18-8-7-17-2/h3-6H,7-12H2,1-2H3. The maximum atomic E-state index is 11.8. The first kappa shape index (κ1) is 19.0. The van der Waals surface area contributed by atoms with Gasteiger partial charge in [-0.2, -0.15) is 8.42 Å². The number of methoxy groups -OCH3 is 1. The summed E-state index contributed by atoms with van der Waals surface area (Å²) in [4.78, 5) is 4.70. The summed E-state index contributed by atoms with van der Waals surface area (Å²) < 4.78 is 43.2. The van der Waals surface area contributed by atoms with E-state index < -0.39 is 10.1 Å². The largest absolute Gasteiger partial charge is 0.382 e. The molecule has 0 aliphatic carbocycles. The molecule has 1 aromatic carbocycles. The quantitative estimate of drug-likeness (QED) is 0.324. The number of benzene rings is 1. The third-order valence-electron chi connectivity index (χ3n) is 2.56. The summed E-state index contributed by atoms with van der Waals surface area (Å²) in [6.45, 7) is 3.94. The summed E-state index contributed by atoms with van der Waals surface area (Å²) >= 11 is 0. The molecule has 0 saturated carbocycles. The maximum absolute atomic E-state index is 11.8. The first-order valence-electron chi connectivity index (χ1n) is 6.83. The Morgan fingerprint density at radius 1 is 0.864 bits per heavy atom. The summed E-state index contributed by atoms with van der Waals surface area (Å²) in [6.07, 6.45) is 0. The van der Waals surface area contributed by atoms with Crippen molar-refractivity contribution in [3.05, 3.63) is 29.8 Å². The van der Waals surface area contributed by atoms with Crippen LogP contribution in [-0.4, -0.2) is 55.2 Å². The minimum absolute atomic E-state index is 0.00314. The minimum atomic E-state index is -3.90. The molecule has 0 N–H and O–H groups in total. The second kappa shape index (κ2) is 10.7. The molecule has 22 heavy (non-hydrogen) atoms. The van der Waals surface area contributed by atoms with Crippen LogP contribution in [-0.2, 0) is 33.6 Å². The van der Waals surface area contributed by atoms with E-state index in [0.29, 0.717) is 26.4 Å². The van der Waals surface area contributed by atoms with E-state index in [4.69, 9.17) is 14.2 Å². The van der Waals surface area contributed by atoms with E-state index >= 15 is 0 Å². The summed E-state index contributed by atoms with van der Waals surface area (Å²) in [7, 11) is -2.30. The molecule has 0 aliphatic heterocycles. The van der Waals surface area contributed by atoms with E-state index in [-0.39, 0.29) is 18.1 Å². The van der Waals surface area contributed by atoms with Crippen molar-refractivity contribution in [2.75, 3.05) is 46.8 Å². The maximum Gasteiger partial charge on any atom is 0.323 e. The normalized spacial score (nSPS) is 11.7. The molecule has 0 fully saturated rings. The highest BCUT2D eigenvalue weighted by atomic mass is 32.2. The van der Waals surface area contributed by atoms with E-state index in [1.165, 1.54) is 12.1 Å². The van der Waals surface area contributed by atoms with Gasteiger partial charge in [-0.15, -0.1) is 4.33 Å². The fourth-order valence-electron chi connectivity index (χ4n) is 1.40. The van der Waals surface area contributed by atoms with Crippen LogP contribution in [0, 0.1) is 6.92 Å². The molecule has 1 rings (SSSR count). The number of hydrogen-bond donors (Lipinski definition) is 0. The Labute approximate surface area is 131 Å². The molecule has 0 saturated heterocycles. The Kier molecular flexibility index (Phi) is 9.21. The molecule has 0 aliphatic rings. The summed E-state index contributed by atoms with van der Waals surface area (Å²) in [5.74, 6) is 0. The lowest BCUT2D eigenvalue weighted by atomic mass is 10.2. The predicted octanol–water partition coefficient (Wildman–Crippen LogP) is 1.31. The zero-order valence-corrected chi connectivity index (χ0v) is 13.6. The van der Waals surface area contributed by atoms with Crippen molar-refractivity contribution in [3.63, 3.8) is 0 Å². The van der Waals surface area contributed by atoms with Crippen molar-refractivity contribution in [1.82, 2.24) is 0 Å². The Morgan fingerprint density at radius 3 is 2.00 bits per heavy atom. The second-order valence-corrected chi connectivity index (χ2v) is 5.89. The third kappa shape index (κ3) is 7.83. The van der Waals surface area contributed by atoms with Crippen LogP contribution in [0.1, 0.15) is 5.56 Å². The number of hydrogen-bond acceptors (Lipinski definition) is 7. The van der Waals surface area contributed by atoms with Crippen LogP contribution in [0.2, 0.25) is 0 Å². The zero-order chi connectivity index (χ0) is 16.3. The first-order chi connectivity index (χ1) is 10.6. The fraction of sp³-hybridized carbons (Fsp3) is 0.571. The van der Waals surface area contributed by atoms with Gasteiger partial charge in [0.15, 0.2) is 0 Å². The Morgan fingerprint density at radius 2 is 1.41 bits per heavy atom. The molecule has 126 valence electrons. The van der Waals surface area contributed by atoms with Gasteiger partial charge in [-0.05, 0) is 19.1 Å². The van der Waals surface area contributed by atoms with Crippen LogP contribution in [0.25, 0.3) is 0 Å². The van der Waals surface area contributed by atoms with Gasteiger partial charge in [-0.1, -0.05) is 17.7 Å². The Balaban J connectivity index is 2.10. The van der Waals surface area contributed by atoms with Crippen LogP contribution in [0.15, 0.2) is 29.2 Å². The third-order valence-corrected chi connectivity index (χ3v) is 3.69. The van der Waals surface area contributed by atoms with Crippen LogP contribution in [0.3, 0.4) is 0 Å². The Bertz CT molecular complexity index is 498. The summed E-state index contributed by atoms with van der Waals surface area (Å²) in [5.41, 5.74) is 0.959. The van der Waals surface area contributed by atoms with Gasteiger partial charge in [0, 0.05) is 7.11 Å². The van der Waals surface area contributed by atoms with Crippen molar-refractivity contribution in [2.24, 2.45) is 0 Å². The van der Waals surface area contributed by atoms with Crippen LogP contribution in [0.4, 0.5) is 0 Å². The van der Waals surface area contributed by atoms with E-state index in [0.717, 1.165) is 5.56 Å². The summed E-state index contributed by atoms with van der Waals surface area (Å²) in [6, 6.07) is 6.29. The van der Waals surface area contributed by atoms with Crippen molar-refractivity contribution < 1.29 is 31.8 Å². The van der Waals surface area contributed by atoms with E-state index in [1.807, 2.05) is 6.92 Å². The van der Waals surface area contributed by atoms with Gasteiger partial charge in [0.05, 0.1) is 37.9 Å². The van der Waals surface area contributed by atoms with Gasteiger partial charge in [0.1, 0.15) is 6.61 Å². The van der Waals surface area contributed by atoms with Crippen molar-refractivity contribution in [1.29, 1.82) is 0 Å². The lowest BCUT2D eigenvalue weighted by molar-refractivity contribution is -0.210. The van der Waals surface area contributed by atoms with Crippen molar-refractivity contribution in [3.8, 4) is 0 Å². The molecular weight excluding hydrogens is 312 g/mol. The second-order valence-electron chi connectivity index (χ2n) is 4.37. The lowest BCUT2D eigenvalue weighted by Crippen LogP contribution is -2.13. The van der Waals surface area contributed by atoms with Crippen molar-refractivity contribution in [2.45, 2.75) is 11.8 Å². The molecule has 0 amide bonds. The van der Waals surface area contributed by atoms with E-state index in [1.54, 1.807) is 19.2 Å². The average Bonchev–Trinajstić information content (AvgIpc) is 2.49. The van der Waals surface area contributed by atoms with E-state index in [9.17, 15) is 8.42 Å². The molecule has 0 aromatic heterocycles. The van der Waals surface area contributed by atoms with Gasteiger partial charge in [-0.25, -0.2) is 4.89 Å². The van der Waals surface area contributed by atoms with E-state index in [2.05, 4.69) is 9.22 Å². The lowest BCUT2D eigenvalue weighted by Gasteiger charge is -2.07. The SMILES string of the molecule is COCCOCCOCCOOS(=O)(=O)c1ccc(C)cc1. The molecule has 1 aromatic rings. The highest BCUT2D eigenvalue weighted by molar-refractivity contribution is 7.86. The molecular formula is C14H22O7S. The molecule has 0 unspecified atom stereocenters. The topological polar surface area (TPSA) is 80.3 Å². The van der Waals surface area contributed by atoms with Gasteiger partial charge in [-0.3, -0.25) is 0 Å². The zero-order valence-electron chi connectivity index (χ0n) is 12.8. The Hall–Kier alpha value is -1.03. The minimum Gasteiger partial charge on any atom is -0.382 e. The van der Waals surface area contributed by atoms with Gasteiger partial charge in [0.25, 0.3) is 0 Å². The monoisotopic (exact) mass is 334 g/mol. The molecule has 8 heteroatoms. The summed E-state index contributed by atoms with van der Waals surface area (Å²) in [5, 5.41) is 0. The fourth-order valence-corrected chi connectivity index (χ4v) is 2.14. The van der Waals surface area contributed by atoms with Gasteiger partial charge < -0.3 is 14.2 Å². The first-order valence-corrected chi connectivity index (χ1v) is 8.24. The molecule has 0 radical (unpaired) electrons. The molecule has 0 spiro atoms. The molecule has 7 nitrogen and oxygen atoms in total. The number of rotatable bonds is 12. The average molecular weight is 334 g/mol. The number of ether oxygens (including phenoxy) is 3. The van der Waals surface area contributed by atoms with Crippen LogP contribution < -0.4 is 0 Å². The molecule has 0 atom stereocenters. The predicted molar refractivity (Wildman–Crippen MR) is 78.9 cm³/mol. The highest BCUT2D eigenvalue weighted by Gasteiger charge is 2.15.